The van der Waals surface area contributed by atoms with Crippen molar-refractivity contribution in [1.82, 2.24) is 0 Å². The number of hydrogen-bond donors (Lipinski definition) is 1. The predicted molar refractivity (Wildman–Crippen MR) is 128 cm³/mol. The number of ether oxygens (including phenoxy) is 3. The topological polar surface area (TPSA) is 85.3 Å². The first-order valence-electron chi connectivity index (χ1n) is 11.0. The van der Waals surface area contributed by atoms with Crippen LogP contribution in [0.1, 0.15) is 27.9 Å². The Kier molecular flexibility index (Phi) is 6.56. The standard InChI is InChI=1S/C27H27NO6/c1-18-7-6-8-20(15-18)34-14-13-28-23-10-5-4-9-22(23)27(31,26(28)30)17-24(29)21-16-19(32-2)11-12-25(21)33-3/h4-12,15-16,31H,13-14,17H2,1-3H3. The van der Waals surface area contributed by atoms with Crippen molar-refractivity contribution in [3.05, 3.63) is 83.4 Å². The molecule has 3 aromatic carbocycles. The Labute approximate surface area is 198 Å². The van der Waals surface area contributed by atoms with Crippen molar-refractivity contribution in [3.63, 3.8) is 0 Å². The van der Waals surface area contributed by atoms with Gasteiger partial charge >= 0.3 is 0 Å². The molecule has 0 saturated carbocycles. The van der Waals surface area contributed by atoms with E-state index in [1.807, 2.05) is 31.2 Å². The van der Waals surface area contributed by atoms with Crippen molar-refractivity contribution >= 4 is 17.4 Å². The van der Waals surface area contributed by atoms with Gasteiger partial charge in [0.2, 0.25) is 0 Å². The third kappa shape index (κ3) is 4.34. The number of hydrogen-bond acceptors (Lipinski definition) is 6. The lowest BCUT2D eigenvalue weighted by molar-refractivity contribution is -0.135. The molecule has 0 fully saturated rings. The summed E-state index contributed by atoms with van der Waals surface area (Å²) in [4.78, 5) is 28.2. The van der Waals surface area contributed by atoms with Gasteiger partial charge in [-0.1, -0.05) is 30.3 Å². The summed E-state index contributed by atoms with van der Waals surface area (Å²) in [6.07, 6.45) is -0.429. The Bertz CT molecular complexity index is 1220. The molecule has 1 atom stereocenters. The molecule has 1 heterocycles. The molecule has 7 heteroatoms. The molecule has 0 aromatic heterocycles. The van der Waals surface area contributed by atoms with Crippen LogP contribution in [0.3, 0.4) is 0 Å². The fraction of sp³-hybridized carbons (Fsp3) is 0.259. The Morgan fingerprint density at radius 3 is 2.50 bits per heavy atom. The molecule has 1 amide bonds. The highest BCUT2D eigenvalue weighted by Crippen LogP contribution is 2.43. The second-order valence-corrected chi connectivity index (χ2v) is 8.17. The van der Waals surface area contributed by atoms with E-state index in [1.54, 1.807) is 42.5 Å². The molecule has 0 aliphatic carbocycles. The average molecular weight is 462 g/mol. The molecule has 0 spiro atoms. The van der Waals surface area contributed by atoms with Gasteiger partial charge in [0.1, 0.15) is 23.9 Å². The van der Waals surface area contributed by atoms with E-state index < -0.39 is 23.7 Å². The molecular formula is C27H27NO6. The summed E-state index contributed by atoms with van der Waals surface area (Å²) in [7, 11) is 2.95. The number of nitrogens with zero attached hydrogens (tertiary/aromatic N) is 1. The van der Waals surface area contributed by atoms with Crippen LogP contribution in [0.4, 0.5) is 5.69 Å². The SMILES string of the molecule is COc1ccc(OC)c(C(=O)CC2(O)C(=O)N(CCOc3cccc(C)c3)c3ccccc32)c1. The maximum absolute atomic E-state index is 13.4. The minimum absolute atomic E-state index is 0.225. The summed E-state index contributed by atoms with van der Waals surface area (Å²) in [6, 6.07) is 19.4. The van der Waals surface area contributed by atoms with Crippen LogP contribution in [0.15, 0.2) is 66.7 Å². The van der Waals surface area contributed by atoms with Crippen molar-refractivity contribution in [2.75, 3.05) is 32.3 Å². The van der Waals surface area contributed by atoms with Gasteiger partial charge in [-0.2, -0.15) is 0 Å². The molecule has 0 radical (unpaired) electrons. The van der Waals surface area contributed by atoms with Gasteiger partial charge in [0, 0.05) is 5.56 Å². The van der Waals surface area contributed by atoms with Crippen LogP contribution in [-0.4, -0.2) is 44.2 Å². The molecule has 0 saturated heterocycles. The van der Waals surface area contributed by atoms with Crippen LogP contribution in [0, 0.1) is 6.92 Å². The number of aliphatic hydroxyl groups is 1. The number of anilines is 1. The van der Waals surface area contributed by atoms with Crippen LogP contribution in [0.25, 0.3) is 0 Å². The first-order chi connectivity index (χ1) is 16.4. The van der Waals surface area contributed by atoms with E-state index in [2.05, 4.69) is 0 Å². The minimum Gasteiger partial charge on any atom is -0.497 e. The third-order valence-corrected chi connectivity index (χ3v) is 5.94. The zero-order valence-corrected chi connectivity index (χ0v) is 19.4. The number of carbonyl (C=O) groups excluding carboxylic acids is 2. The summed E-state index contributed by atoms with van der Waals surface area (Å²) in [6.45, 7) is 2.43. The van der Waals surface area contributed by atoms with Gasteiger partial charge in [-0.15, -0.1) is 0 Å². The first-order valence-corrected chi connectivity index (χ1v) is 11.0. The highest BCUT2D eigenvalue weighted by atomic mass is 16.5. The smallest absolute Gasteiger partial charge is 0.264 e. The quantitative estimate of drug-likeness (QED) is 0.487. The highest BCUT2D eigenvalue weighted by molar-refractivity contribution is 6.11. The number of carbonyl (C=O) groups is 2. The number of aryl methyl sites for hydroxylation is 1. The number of rotatable bonds is 9. The van der Waals surface area contributed by atoms with Crippen LogP contribution >= 0.6 is 0 Å². The average Bonchev–Trinajstić information content (AvgIpc) is 3.05. The minimum atomic E-state index is -1.99. The molecule has 1 unspecified atom stereocenters. The van der Waals surface area contributed by atoms with E-state index in [0.29, 0.717) is 28.5 Å². The molecule has 34 heavy (non-hydrogen) atoms. The zero-order valence-electron chi connectivity index (χ0n) is 19.4. The summed E-state index contributed by atoms with van der Waals surface area (Å²) in [5, 5.41) is 11.5. The van der Waals surface area contributed by atoms with Gasteiger partial charge in [-0.3, -0.25) is 9.59 Å². The Morgan fingerprint density at radius 2 is 1.76 bits per heavy atom. The van der Waals surface area contributed by atoms with Crippen molar-refractivity contribution in [3.8, 4) is 17.2 Å². The number of fused-ring (bicyclic) bond motifs is 1. The highest BCUT2D eigenvalue weighted by Gasteiger charge is 2.50. The van der Waals surface area contributed by atoms with Gasteiger partial charge < -0.3 is 24.2 Å². The van der Waals surface area contributed by atoms with E-state index in [0.717, 1.165) is 5.56 Å². The Balaban J connectivity index is 1.57. The molecule has 1 aliphatic heterocycles. The fourth-order valence-corrected chi connectivity index (χ4v) is 4.22. The first kappa shape index (κ1) is 23.3. The van der Waals surface area contributed by atoms with E-state index in [1.165, 1.54) is 19.1 Å². The molecule has 176 valence electrons. The summed E-state index contributed by atoms with van der Waals surface area (Å²) >= 11 is 0. The lowest BCUT2D eigenvalue weighted by Crippen LogP contribution is -2.43. The largest absolute Gasteiger partial charge is 0.497 e. The van der Waals surface area contributed by atoms with E-state index in [-0.39, 0.29) is 18.7 Å². The van der Waals surface area contributed by atoms with Crippen molar-refractivity contribution < 1.29 is 28.9 Å². The molecular weight excluding hydrogens is 434 g/mol. The summed E-state index contributed by atoms with van der Waals surface area (Å²) < 4.78 is 16.4. The molecule has 1 aliphatic rings. The van der Waals surface area contributed by atoms with Crippen molar-refractivity contribution in [1.29, 1.82) is 0 Å². The lowest BCUT2D eigenvalue weighted by Gasteiger charge is -2.23. The third-order valence-electron chi connectivity index (χ3n) is 5.94. The summed E-state index contributed by atoms with van der Waals surface area (Å²) in [5.41, 5.74) is 0.271. The predicted octanol–water partition coefficient (Wildman–Crippen LogP) is 3.90. The van der Waals surface area contributed by atoms with Crippen molar-refractivity contribution in [2.45, 2.75) is 18.9 Å². The fourth-order valence-electron chi connectivity index (χ4n) is 4.22. The van der Waals surface area contributed by atoms with Gasteiger partial charge in [0.25, 0.3) is 5.91 Å². The van der Waals surface area contributed by atoms with Gasteiger partial charge in [-0.25, -0.2) is 0 Å². The van der Waals surface area contributed by atoms with Gasteiger partial charge in [0.05, 0.1) is 38.4 Å². The number of benzene rings is 3. The van der Waals surface area contributed by atoms with Crippen LogP contribution < -0.4 is 19.1 Å². The second-order valence-electron chi connectivity index (χ2n) is 8.17. The zero-order chi connectivity index (χ0) is 24.3. The van der Waals surface area contributed by atoms with Crippen molar-refractivity contribution in [2.24, 2.45) is 0 Å². The van der Waals surface area contributed by atoms with Gasteiger partial charge in [0.15, 0.2) is 11.4 Å². The van der Waals surface area contributed by atoms with Crippen LogP contribution in [0.2, 0.25) is 0 Å². The molecule has 7 nitrogen and oxygen atoms in total. The maximum Gasteiger partial charge on any atom is 0.264 e. The van der Waals surface area contributed by atoms with Crippen LogP contribution in [0.5, 0.6) is 17.2 Å². The number of para-hydroxylation sites is 1. The molecule has 1 N–H and O–H groups in total. The van der Waals surface area contributed by atoms with Gasteiger partial charge in [-0.05, 0) is 48.9 Å². The number of methoxy groups -OCH3 is 2. The normalized spacial score (nSPS) is 16.8. The number of Topliss-reactive ketones (excluding diaryl/α,β-unsaturated/α-hetero) is 1. The Hall–Kier alpha value is -3.84. The summed E-state index contributed by atoms with van der Waals surface area (Å²) in [5.74, 6) is 0.535. The van der Waals surface area contributed by atoms with E-state index in [4.69, 9.17) is 14.2 Å². The molecule has 4 rings (SSSR count). The second kappa shape index (κ2) is 9.57. The van der Waals surface area contributed by atoms with Crippen LogP contribution in [-0.2, 0) is 10.4 Å². The van der Waals surface area contributed by atoms with E-state index >= 15 is 0 Å². The number of amides is 1. The Morgan fingerprint density at radius 1 is 0.971 bits per heavy atom. The van der Waals surface area contributed by atoms with E-state index in [9.17, 15) is 14.7 Å². The molecule has 0 bridgehead atoms. The number of ketones is 1. The molecule has 3 aromatic rings. The monoisotopic (exact) mass is 461 g/mol. The maximum atomic E-state index is 13.4. The lowest BCUT2D eigenvalue weighted by atomic mass is 9.88.